The van der Waals surface area contributed by atoms with Gasteiger partial charge in [-0.05, 0) is 62.2 Å². The number of rotatable bonds is 2. The van der Waals surface area contributed by atoms with Crippen LogP contribution in [0.5, 0.6) is 0 Å². The standard InChI is InChI=1S/C16H27F3O/c1-10-3-4-13(9-11(10)2)15(20)12-5-7-14(8-6-12)16(17,18)19/h10-15,20H,3-9H2,1-2H3. The van der Waals surface area contributed by atoms with E-state index in [4.69, 9.17) is 0 Å². The number of hydrogen-bond acceptors (Lipinski definition) is 1. The van der Waals surface area contributed by atoms with E-state index in [1.54, 1.807) is 0 Å². The molecule has 2 aliphatic rings. The monoisotopic (exact) mass is 292 g/mol. The molecule has 0 aromatic carbocycles. The fraction of sp³-hybridized carbons (Fsp3) is 1.00. The zero-order chi connectivity index (χ0) is 14.9. The molecule has 2 saturated carbocycles. The summed E-state index contributed by atoms with van der Waals surface area (Å²) in [7, 11) is 0. The maximum absolute atomic E-state index is 12.7. The Kier molecular flexibility index (Phi) is 5.04. The van der Waals surface area contributed by atoms with Gasteiger partial charge in [0.1, 0.15) is 0 Å². The van der Waals surface area contributed by atoms with Crippen LogP contribution in [0.15, 0.2) is 0 Å². The average Bonchev–Trinajstić information content (AvgIpc) is 2.40. The predicted molar refractivity (Wildman–Crippen MR) is 73.2 cm³/mol. The van der Waals surface area contributed by atoms with Gasteiger partial charge in [-0.3, -0.25) is 0 Å². The zero-order valence-electron chi connectivity index (χ0n) is 12.5. The van der Waals surface area contributed by atoms with Crippen molar-refractivity contribution < 1.29 is 18.3 Å². The minimum Gasteiger partial charge on any atom is -0.393 e. The summed E-state index contributed by atoms with van der Waals surface area (Å²) in [5, 5.41) is 10.5. The summed E-state index contributed by atoms with van der Waals surface area (Å²) in [6.07, 6.45) is 0.226. The van der Waals surface area contributed by atoms with Gasteiger partial charge in [-0.25, -0.2) is 0 Å². The number of alkyl halides is 3. The van der Waals surface area contributed by atoms with E-state index < -0.39 is 12.1 Å². The Balaban J connectivity index is 1.84. The first kappa shape index (κ1) is 16.1. The largest absolute Gasteiger partial charge is 0.393 e. The number of aliphatic hydroxyl groups is 1. The Morgan fingerprint density at radius 3 is 1.90 bits per heavy atom. The fourth-order valence-electron chi connectivity index (χ4n) is 4.07. The summed E-state index contributed by atoms with van der Waals surface area (Å²) < 4.78 is 38.0. The molecule has 4 atom stereocenters. The lowest BCUT2D eigenvalue weighted by molar-refractivity contribution is -0.186. The lowest BCUT2D eigenvalue weighted by Crippen LogP contribution is -2.38. The molecule has 118 valence electrons. The average molecular weight is 292 g/mol. The molecule has 2 fully saturated rings. The molecular weight excluding hydrogens is 265 g/mol. The summed E-state index contributed by atoms with van der Waals surface area (Å²) in [6, 6.07) is 0. The molecule has 1 N–H and O–H groups in total. The molecule has 0 saturated heterocycles. The van der Waals surface area contributed by atoms with Crippen LogP contribution in [0.25, 0.3) is 0 Å². The van der Waals surface area contributed by atoms with Crippen LogP contribution >= 0.6 is 0 Å². The van der Waals surface area contributed by atoms with E-state index in [1.165, 1.54) is 0 Å². The highest BCUT2D eigenvalue weighted by atomic mass is 19.4. The highest BCUT2D eigenvalue weighted by molar-refractivity contribution is 4.87. The highest BCUT2D eigenvalue weighted by Gasteiger charge is 2.43. The Bertz CT molecular complexity index is 307. The molecule has 4 heteroatoms. The van der Waals surface area contributed by atoms with E-state index in [9.17, 15) is 18.3 Å². The first-order valence-electron chi connectivity index (χ1n) is 8.03. The minimum absolute atomic E-state index is 0.0826. The Morgan fingerprint density at radius 2 is 1.40 bits per heavy atom. The summed E-state index contributed by atoms with van der Waals surface area (Å²) in [4.78, 5) is 0. The van der Waals surface area contributed by atoms with Crippen LogP contribution in [0.4, 0.5) is 13.2 Å². The van der Waals surface area contributed by atoms with Gasteiger partial charge >= 0.3 is 6.18 Å². The van der Waals surface area contributed by atoms with Crippen molar-refractivity contribution >= 4 is 0 Å². The molecule has 0 aliphatic heterocycles. The summed E-state index contributed by atoms with van der Waals surface area (Å²) in [5.41, 5.74) is 0. The van der Waals surface area contributed by atoms with E-state index in [1.807, 2.05) is 0 Å². The van der Waals surface area contributed by atoms with E-state index in [-0.39, 0.29) is 24.9 Å². The number of hydrogen-bond donors (Lipinski definition) is 1. The van der Waals surface area contributed by atoms with Gasteiger partial charge in [0.2, 0.25) is 0 Å². The van der Waals surface area contributed by atoms with Crippen molar-refractivity contribution in [1.29, 1.82) is 0 Å². The van der Waals surface area contributed by atoms with Crippen LogP contribution in [-0.4, -0.2) is 17.4 Å². The van der Waals surface area contributed by atoms with Gasteiger partial charge in [0, 0.05) is 0 Å². The van der Waals surface area contributed by atoms with Crippen molar-refractivity contribution in [3.05, 3.63) is 0 Å². The molecule has 0 aromatic heterocycles. The molecule has 0 aromatic rings. The Morgan fingerprint density at radius 1 is 0.850 bits per heavy atom. The molecule has 2 rings (SSSR count). The molecule has 0 spiro atoms. The van der Waals surface area contributed by atoms with Crippen molar-refractivity contribution in [2.45, 2.75) is 71.1 Å². The Hall–Kier alpha value is -0.250. The lowest BCUT2D eigenvalue weighted by Gasteiger charge is -2.40. The Labute approximate surface area is 119 Å². The third kappa shape index (κ3) is 3.69. The van der Waals surface area contributed by atoms with Crippen LogP contribution in [0.3, 0.4) is 0 Å². The molecule has 0 heterocycles. The zero-order valence-corrected chi connectivity index (χ0v) is 12.5. The van der Waals surface area contributed by atoms with Gasteiger partial charge in [-0.2, -0.15) is 13.2 Å². The van der Waals surface area contributed by atoms with Crippen molar-refractivity contribution in [3.63, 3.8) is 0 Å². The van der Waals surface area contributed by atoms with Crippen molar-refractivity contribution in [2.24, 2.45) is 29.6 Å². The quantitative estimate of drug-likeness (QED) is 0.776. The maximum Gasteiger partial charge on any atom is 0.391 e. The van der Waals surface area contributed by atoms with Gasteiger partial charge in [0.25, 0.3) is 0 Å². The molecule has 0 radical (unpaired) electrons. The van der Waals surface area contributed by atoms with Crippen LogP contribution in [0.1, 0.15) is 58.8 Å². The van der Waals surface area contributed by atoms with Crippen molar-refractivity contribution in [2.75, 3.05) is 0 Å². The lowest BCUT2D eigenvalue weighted by atomic mass is 9.69. The van der Waals surface area contributed by atoms with Crippen molar-refractivity contribution in [3.8, 4) is 0 Å². The predicted octanol–water partition coefficient (Wildman–Crippen LogP) is 4.79. The third-order valence-electron chi connectivity index (χ3n) is 5.84. The first-order valence-corrected chi connectivity index (χ1v) is 8.03. The fourth-order valence-corrected chi connectivity index (χ4v) is 4.07. The summed E-state index contributed by atoms with van der Waals surface area (Å²) >= 11 is 0. The smallest absolute Gasteiger partial charge is 0.391 e. The topological polar surface area (TPSA) is 20.2 Å². The normalized spacial score (nSPS) is 41.4. The maximum atomic E-state index is 12.7. The van der Waals surface area contributed by atoms with Crippen LogP contribution in [-0.2, 0) is 0 Å². The van der Waals surface area contributed by atoms with E-state index >= 15 is 0 Å². The molecule has 0 bridgehead atoms. The second kappa shape index (κ2) is 6.25. The number of halogens is 3. The minimum atomic E-state index is -4.05. The molecule has 1 nitrogen and oxygen atoms in total. The molecule has 2 aliphatic carbocycles. The van der Waals surface area contributed by atoms with Gasteiger partial charge in [-0.1, -0.05) is 20.3 Å². The summed E-state index contributed by atoms with van der Waals surface area (Å²) in [6.45, 7) is 4.48. The van der Waals surface area contributed by atoms with Crippen LogP contribution in [0, 0.1) is 29.6 Å². The third-order valence-corrected chi connectivity index (χ3v) is 5.84. The molecule has 4 unspecified atom stereocenters. The first-order chi connectivity index (χ1) is 9.29. The second-order valence-corrected chi connectivity index (χ2v) is 7.17. The van der Waals surface area contributed by atoms with Crippen LogP contribution < -0.4 is 0 Å². The van der Waals surface area contributed by atoms with Gasteiger partial charge in [-0.15, -0.1) is 0 Å². The van der Waals surface area contributed by atoms with Gasteiger partial charge in [0.05, 0.1) is 12.0 Å². The summed E-state index contributed by atoms with van der Waals surface area (Å²) in [5.74, 6) is 0.568. The highest BCUT2D eigenvalue weighted by Crippen LogP contribution is 2.44. The van der Waals surface area contributed by atoms with Gasteiger partial charge in [0.15, 0.2) is 0 Å². The second-order valence-electron chi connectivity index (χ2n) is 7.17. The molecule has 20 heavy (non-hydrogen) atoms. The van der Waals surface area contributed by atoms with E-state index in [2.05, 4.69) is 13.8 Å². The van der Waals surface area contributed by atoms with E-state index in [0.29, 0.717) is 30.6 Å². The number of aliphatic hydroxyl groups excluding tert-OH is 1. The van der Waals surface area contributed by atoms with Crippen LogP contribution in [0.2, 0.25) is 0 Å². The SMILES string of the molecule is CC1CCC(C(O)C2CCC(C(F)(F)F)CC2)CC1C. The van der Waals surface area contributed by atoms with Gasteiger partial charge < -0.3 is 5.11 Å². The van der Waals surface area contributed by atoms with E-state index in [0.717, 1.165) is 19.3 Å². The molecule has 0 amide bonds. The molecular formula is C16H27F3O. The van der Waals surface area contributed by atoms with Crippen molar-refractivity contribution in [1.82, 2.24) is 0 Å².